The summed E-state index contributed by atoms with van der Waals surface area (Å²) in [6, 6.07) is 0. The molecule has 0 aliphatic carbocycles. The van der Waals surface area contributed by atoms with E-state index >= 15 is 0 Å². The quantitative estimate of drug-likeness (QED) is 0.755. The second kappa shape index (κ2) is 3.36. The van der Waals surface area contributed by atoms with E-state index in [1.165, 1.54) is 0 Å². The van der Waals surface area contributed by atoms with Crippen LogP contribution in [0.25, 0.3) is 0 Å². The van der Waals surface area contributed by atoms with E-state index in [1.807, 2.05) is 14.0 Å². The van der Waals surface area contributed by atoms with Gasteiger partial charge in [0.1, 0.15) is 5.82 Å². The number of rotatable bonds is 2. The number of nitrogens with one attached hydrogen (secondary N) is 1. The molecule has 0 aliphatic heterocycles. The van der Waals surface area contributed by atoms with E-state index in [0.29, 0.717) is 0 Å². The van der Waals surface area contributed by atoms with Crippen LogP contribution in [0.2, 0.25) is 0 Å². The van der Waals surface area contributed by atoms with Gasteiger partial charge in [0.25, 0.3) is 0 Å². The molecule has 74 valence electrons. The number of hydrogen-bond acceptors (Lipinski definition) is 3. The van der Waals surface area contributed by atoms with Crippen LogP contribution in [0.15, 0.2) is 0 Å². The van der Waals surface area contributed by atoms with Crippen LogP contribution in [-0.2, 0) is 7.05 Å². The Kier molecular flexibility index (Phi) is 2.59. The highest BCUT2D eigenvalue weighted by Crippen LogP contribution is 2.13. The molecule has 0 atom stereocenters. The van der Waals surface area contributed by atoms with Crippen LogP contribution in [0.5, 0.6) is 0 Å². The molecular weight excluding hydrogens is 164 g/mol. The molecule has 1 aromatic rings. The maximum atomic E-state index is 4.25. The Morgan fingerprint density at radius 2 is 2.00 bits per heavy atom. The van der Waals surface area contributed by atoms with Gasteiger partial charge < -0.3 is 5.32 Å². The highest BCUT2D eigenvalue weighted by Gasteiger charge is 2.11. The van der Waals surface area contributed by atoms with Gasteiger partial charge >= 0.3 is 0 Å². The third-order valence-electron chi connectivity index (χ3n) is 1.65. The number of aryl methyl sites for hydroxylation is 2. The maximum absolute atomic E-state index is 4.25. The van der Waals surface area contributed by atoms with Crippen LogP contribution in [0.4, 0.5) is 5.95 Å². The van der Waals surface area contributed by atoms with Gasteiger partial charge in [0.2, 0.25) is 5.95 Å². The van der Waals surface area contributed by atoms with E-state index in [2.05, 4.69) is 36.2 Å². The van der Waals surface area contributed by atoms with Gasteiger partial charge in [-0.15, -0.1) is 0 Å². The number of anilines is 1. The first-order valence-corrected chi connectivity index (χ1v) is 4.50. The summed E-state index contributed by atoms with van der Waals surface area (Å²) < 4.78 is 1.76. The Labute approximate surface area is 79.4 Å². The molecule has 1 N–H and O–H groups in total. The molecule has 0 bridgehead atoms. The van der Waals surface area contributed by atoms with E-state index in [0.717, 1.165) is 18.3 Å². The first-order valence-electron chi connectivity index (χ1n) is 4.50. The SMILES string of the molecule is Cc1nc(NCC(C)(C)C)n(C)n1. The minimum Gasteiger partial charge on any atom is -0.354 e. The molecule has 1 aromatic heterocycles. The van der Waals surface area contributed by atoms with Gasteiger partial charge in [0.05, 0.1) is 0 Å². The molecule has 4 nitrogen and oxygen atoms in total. The van der Waals surface area contributed by atoms with Crippen LogP contribution in [-0.4, -0.2) is 21.3 Å². The first kappa shape index (κ1) is 10.0. The number of aromatic nitrogens is 3. The van der Waals surface area contributed by atoms with Crippen molar-refractivity contribution in [3.63, 3.8) is 0 Å². The van der Waals surface area contributed by atoms with Gasteiger partial charge in [-0.3, -0.25) is 0 Å². The molecule has 0 unspecified atom stereocenters. The summed E-state index contributed by atoms with van der Waals surface area (Å²) in [6.07, 6.45) is 0. The molecule has 0 spiro atoms. The standard InChI is InChI=1S/C9H18N4/c1-7-11-8(13(5)12-7)10-6-9(2,3)4/h6H2,1-5H3,(H,10,11,12). The monoisotopic (exact) mass is 182 g/mol. The van der Waals surface area contributed by atoms with E-state index in [4.69, 9.17) is 0 Å². The van der Waals surface area contributed by atoms with Crippen molar-refractivity contribution in [1.82, 2.24) is 14.8 Å². The molecule has 0 aromatic carbocycles. The zero-order chi connectivity index (χ0) is 10.1. The lowest BCUT2D eigenvalue weighted by molar-refractivity contribution is 0.441. The highest BCUT2D eigenvalue weighted by molar-refractivity contribution is 5.24. The Hall–Kier alpha value is -1.06. The van der Waals surface area contributed by atoms with Gasteiger partial charge in [-0.1, -0.05) is 20.8 Å². The second-order valence-corrected chi connectivity index (χ2v) is 4.52. The van der Waals surface area contributed by atoms with Gasteiger partial charge in [-0.25, -0.2) is 4.68 Å². The van der Waals surface area contributed by atoms with Crippen molar-refractivity contribution in [3.8, 4) is 0 Å². The average Bonchev–Trinajstić information content (AvgIpc) is 2.24. The number of hydrogen-bond donors (Lipinski definition) is 1. The van der Waals surface area contributed by atoms with Crippen molar-refractivity contribution in [2.24, 2.45) is 12.5 Å². The van der Waals surface area contributed by atoms with Crippen LogP contribution in [0.3, 0.4) is 0 Å². The fourth-order valence-electron chi connectivity index (χ4n) is 1.01. The third-order valence-corrected chi connectivity index (χ3v) is 1.65. The zero-order valence-corrected chi connectivity index (χ0v) is 9.05. The molecular formula is C9H18N4. The summed E-state index contributed by atoms with van der Waals surface area (Å²) in [4.78, 5) is 4.25. The van der Waals surface area contributed by atoms with Crippen molar-refractivity contribution < 1.29 is 0 Å². The van der Waals surface area contributed by atoms with Crippen LogP contribution in [0.1, 0.15) is 26.6 Å². The largest absolute Gasteiger partial charge is 0.354 e. The van der Waals surface area contributed by atoms with Crippen molar-refractivity contribution in [1.29, 1.82) is 0 Å². The minimum absolute atomic E-state index is 0.264. The molecule has 0 saturated carbocycles. The molecule has 0 radical (unpaired) electrons. The Morgan fingerprint density at radius 1 is 1.38 bits per heavy atom. The minimum atomic E-state index is 0.264. The molecule has 4 heteroatoms. The van der Waals surface area contributed by atoms with Gasteiger partial charge in [-0.2, -0.15) is 10.1 Å². The maximum Gasteiger partial charge on any atom is 0.221 e. The summed E-state index contributed by atoms with van der Waals surface area (Å²) >= 11 is 0. The molecule has 1 rings (SSSR count). The Balaban J connectivity index is 2.59. The summed E-state index contributed by atoms with van der Waals surface area (Å²) in [5.74, 6) is 1.64. The summed E-state index contributed by atoms with van der Waals surface area (Å²) in [7, 11) is 1.89. The molecule has 0 saturated heterocycles. The smallest absolute Gasteiger partial charge is 0.221 e. The van der Waals surface area contributed by atoms with E-state index < -0.39 is 0 Å². The van der Waals surface area contributed by atoms with E-state index in [-0.39, 0.29) is 5.41 Å². The van der Waals surface area contributed by atoms with Crippen LogP contribution in [0, 0.1) is 12.3 Å². The number of nitrogens with zero attached hydrogens (tertiary/aromatic N) is 3. The molecule has 0 amide bonds. The van der Waals surface area contributed by atoms with Crippen molar-refractivity contribution in [2.75, 3.05) is 11.9 Å². The lowest BCUT2D eigenvalue weighted by Gasteiger charge is -2.18. The van der Waals surface area contributed by atoms with Crippen molar-refractivity contribution in [3.05, 3.63) is 5.82 Å². The molecule has 1 heterocycles. The van der Waals surface area contributed by atoms with Gasteiger partial charge in [0, 0.05) is 13.6 Å². The lowest BCUT2D eigenvalue weighted by atomic mass is 9.97. The van der Waals surface area contributed by atoms with Gasteiger partial charge in [-0.05, 0) is 12.3 Å². The zero-order valence-electron chi connectivity index (χ0n) is 9.05. The predicted molar refractivity (Wildman–Crippen MR) is 53.7 cm³/mol. The Bertz CT molecular complexity index is 282. The normalized spacial score (nSPS) is 11.8. The van der Waals surface area contributed by atoms with Crippen LogP contribution < -0.4 is 5.32 Å². The molecule has 0 aliphatic rings. The van der Waals surface area contributed by atoms with Gasteiger partial charge in [0.15, 0.2) is 0 Å². The third kappa shape index (κ3) is 3.05. The summed E-state index contributed by atoms with van der Waals surface area (Å²) in [5, 5.41) is 7.42. The topological polar surface area (TPSA) is 42.7 Å². The Morgan fingerprint density at radius 3 is 2.38 bits per heavy atom. The van der Waals surface area contributed by atoms with E-state index in [9.17, 15) is 0 Å². The summed E-state index contributed by atoms with van der Waals surface area (Å²) in [5.41, 5.74) is 0.264. The predicted octanol–water partition coefficient (Wildman–Crippen LogP) is 1.58. The van der Waals surface area contributed by atoms with Crippen LogP contribution >= 0.6 is 0 Å². The van der Waals surface area contributed by atoms with Crippen molar-refractivity contribution >= 4 is 5.95 Å². The molecule has 0 fully saturated rings. The fourth-order valence-corrected chi connectivity index (χ4v) is 1.01. The van der Waals surface area contributed by atoms with E-state index in [1.54, 1.807) is 4.68 Å². The molecule has 13 heavy (non-hydrogen) atoms. The second-order valence-electron chi connectivity index (χ2n) is 4.52. The highest BCUT2D eigenvalue weighted by atomic mass is 15.4. The fraction of sp³-hybridized carbons (Fsp3) is 0.778. The average molecular weight is 182 g/mol. The van der Waals surface area contributed by atoms with Crippen molar-refractivity contribution in [2.45, 2.75) is 27.7 Å². The first-order chi connectivity index (χ1) is 5.88. The lowest BCUT2D eigenvalue weighted by Crippen LogP contribution is -2.20. The summed E-state index contributed by atoms with van der Waals surface area (Å²) in [6.45, 7) is 9.34.